The van der Waals surface area contributed by atoms with Crippen LogP contribution < -0.4 is 0 Å². The Morgan fingerprint density at radius 2 is 0.933 bits per heavy atom. The summed E-state index contributed by atoms with van der Waals surface area (Å²) in [5, 5.41) is 0. The minimum Gasteiger partial charge on any atom is -0.252 e. The van der Waals surface area contributed by atoms with E-state index >= 15 is 0 Å². The van der Waals surface area contributed by atoms with Crippen molar-refractivity contribution in [3.05, 3.63) is 60.7 Å². The van der Waals surface area contributed by atoms with Gasteiger partial charge in [-0.3, -0.25) is 9.98 Å². The van der Waals surface area contributed by atoms with Crippen LogP contribution in [0, 0.1) is 0 Å². The van der Waals surface area contributed by atoms with Crippen molar-refractivity contribution in [3.8, 4) is 0 Å². The van der Waals surface area contributed by atoms with E-state index in [2.05, 4.69) is 62.4 Å². The molecule has 30 heavy (non-hydrogen) atoms. The van der Waals surface area contributed by atoms with Crippen LogP contribution >= 0.6 is 0 Å². The van der Waals surface area contributed by atoms with Crippen molar-refractivity contribution in [2.45, 2.75) is 84.5 Å². The molecule has 0 aliphatic heterocycles. The molecule has 166 valence electrons. The number of unbranched alkanes of at least 4 members (excludes halogenated alkanes) is 7. The zero-order chi connectivity index (χ0) is 20.6. The number of para-hydroxylation sites is 2. The maximum absolute atomic E-state index is 5.04. The molecule has 0 spiro atoms. The van der Waals surface area contributed by atoms with E-state index in [1.165, 1.54) is 57.1 Å². The van der Waals surface area contributed by atoms with Gasteiger partial charge in [0.05, 0.1) is 22.8 Å². The first-order valence-corrected chi connectivity index (χ1v) is 11.6. The Morgan fingerprint density at radius 1 is 0.533 bits per heavy atom. The van der Waals surface area contributed by atoms with Crippen LogP contribution in [0.1, 0.15) is 84.5 Å². The van der Waals surface area contributed by atoms with Crippen LogP contribution in [0.4, 0.5) is 11.4 Å². The van der Waals surface area contributed by atoms with E-state index < -0.39 is 0 Å². The number of rotatable bonds is 14. The molecule has 0 amide bonds. The number of aliphatic imine (C=N–C) groups is 2. The average Bonchev–Trinajstić information content (AvgIpc) is 2.76. The second kappa shape index (κ2) is 17.2. The molecule has 0 heterocycles. The van der Waals surface area contributed by atoms with E-state index in [9.17, 15) is 0 Å². The fraction of sp³-hybridized carbons (Fsp3) is 0.481. The molecule has 0 saturated carbocycles. The van der Waals surface area contributed by atoms with Crippen molar-refractivity contribution in [3.63, 3.8) is 0 Å². The van der Waals surface area contributed by atoms with Gasteiger partial charge in [0, 0.05) is 20.4 Å². The molecule has 0 atom stereocenters. The Labute approximate surface area is 198 Å². The number of nitrogens with zero attached hydrogens (tertiary/aromatic N) is 2. The largest absolute Gasteiger partial charge is 0.252 e. The predicted molar refractivity (Wildman–Crippen MR) is 129 cm³/mol. The zero-order valence-corrected chi connectivity index (χ0v) is 20.3. The molecule has 3 heteroatoms. The maximum atomic E-state index is 5.04. The Bertz CT molecular complexity index is 723. The van der Waals surface area contributed by atoms with Crippen molar-refractivity contribution in [1.82, 2.24) is 0 Å². The minimum atomic E-state index is 0. The van der Waals surface area contributed by atoms with Gasteiger partial charge in [0.2, 0.25) is 0 Å². The molecule has 0 N–H and O–H groups in total. The van der Waals surface area contributed by atoms with Crippen molar-refractivity contribution < 1.29 is 20.4 Å². The molecule has 0 aliphatic carbocycles. The summed E-state index contributed by atoms with van der Waals surface area (Å²) in [6, 6.07) is 20.7. The Morgan fingerprint density at radius 3 is 1.40 bits per heavy atom. The van der Waals surface area contributed by atoms with Gasteiger partial charge in [0.1, 0.15) is 0 Å². The third-order valence-electron chi connectivity index (χ3n) is 5.16. The van der Waals surface area contributed by atoms with Crippen molar-refractivity contribution >= 4 is 22.8 Å². The number of hydrogen-bond donors (Lipinski definition) is 0. The average molecular weight is 497 g/mol. The van der Waals surface area contributed by atoms with Crippen molar-refractivity contribution in [2.24, 2.45) is 9.98 Å². The fourth-order valence-electron chi connectivity index (χ4n) is 3.44. The summed E-state index contributed by atoms with van der Waals surface area (Å²) in [5.41, 5.74) is 4.39. The van der Waals surface area contributed by atoms with E-state index in [4.69, 9.17) is 9.98 Å². The monoisotopic (exact) mass is 496 g/mol. The molecule has 0 bridgehead atoms. The smallest absolute Gasteiger partial charge is 0.0633 e. The quantitative estimate of drug-likeness (QED) is 0.142. The predicted octanol–water partition coefficient (Wildman–Crippen LogP) is 8.86. The van der Waals surface area contributed by atoms with Crippen LogP contribution in [0.5, 0.6) is 0 Å². The summed E-state index contributed by atoms with van der Waals surface area (Å²) in [4.78, 5) is 10.1. The SMILES string of the molecule is CCCCCCCCCC(=N\c1ccccc1)/C(CCCC)=N/c1ccccc1.[Pd]. The molecule has 0 fully saturated rings. The molecule has 2 rings (SSSR count). The first-order valence-electron chi connectivity index (χ1n) is 11.6. The Balaban J connectivity index is 0.00000450. The van der Waals surface area contributed by atoms with Crippen molar-refractivity contribution in [1.29, 1.82) is 0 Å². The van der Waals surface area contributed by atoms with Gasteiger partial charge < -0.3 is 0 Å². The van der Waals surface area contributed by atoms with Crippen LogP contribution in [0.3, 0.4) is 0 Å². The summed E-state index contributed by atoms with van der Waals surface area (Å²) in [5.74, 6) is 0. The summed E-state index contributed by atoms with van der Waals surface area (Å²) in [6.45, 7) is 4.51. The van der Waals surface area contributed by atoms with Gasteiger partial charge in [-0.05, 0) is 49.9 Å². The summed E-state index contributed by atoms with van der Waals surface area (Å²) in [6.07, 6.45) is 13.5. The van der Waals surface area contributed by atoms with E-state index in [1.807, 2.05) is 12.1 Å². The summed E-state index contributed by atoms with van der Waals surface area (Å²) < 4.78 is 0. The van der Waals surface area contributed by atoms with E-state index in [-0.39, 0.29) is 20.4 Å². The van der Waals surface area contributed by atoms with Crippen LogP contribution in [-0.2, 0) is 20.4 Å². The zero-order valence-electron chi connectivity index (χ0n) is 18.8. The topological polar surface area (TPSA) is 24.7 Å². The Kier molecular flexibility index (Phi) is 15.1. The molecule has 2 aromatic carbocycles. The van der Waals surface area contributed by atoms with E-state index in [0.717, 1.165) is 36.3 Å². The Hall–Kier alpha value is -1.56. The third kappa shape index (κ3) is 11.0. The van der Waals surface area contributed by atoms with Gasteiger partial charge in [-0.25, -0.2) is 0 Å². The first kappa shape index (κ1) is 26.5. The van der Waals surface area contributed by atoms with Gasteiger partial charge in [-0.1, -0.05) is 95.2 Å². The van der Waals surface area contributed by atoms with E-state index in [0.29, 0.717) is 0 Å². The number of hydrogen-bond acceptors (Lipinski definition) is 2. The molecule has 0 radical (unpaired) electrons. The second-order valence-electron chi connectivity index (χ2n) is 7.76. The molecule has 2 aromatic rings. The summed E-state index contributed by atoms with van der Waals surface area (Å²) in [7, 11) is 0. The standard InChI is InChI=1S/C27H38N2.Pd/c1-3-5-7-8-9-10-17-23-27(29-25-20-15-12-16-21-25)26(22-6-4-2)28-24-18-13-11-14-19-24;/h11-16,18-21H,3-10,17,22-23H2,1-2H3;/b28-26+,29-27+;. The fourth-order valence-corrected chi connectivity index (χ4v) is 3.44. The molecular weight excluding hydrogens is 459 g/mol. The first-order chi connectivity index (χ1) is 14.3. The maximum Gasteiger partial charge on any atom is 0.0633 e. The van der Waals surface area contributed by atoms with Crippen LogP contribution in [0.15, 0.2) is 70.6 Å². The second-order valence-corrected chi connectivity index (χ2v) is 7.76. The van der Waals surface area contributed by atoms with Gasteiger partial charge in [-0.2, -0.15) is 0 Å². The molecule has 0 aromatic heterocycles. The molecular formula is C27H38N2Pd. The number of benzene rings is 2. The normalized spacial score (nSPS) is 11.9. The van der Waals surface area contributed by atoms with Gasteiger partial charge in [0.15, 0.2) is 0 Å². The van der Waals surface area contributed by atoms with E-state index in [1.54, 1.807) is 0 Å². The van der Waals surface area contributed by atoms with Gasteiger partial charge in [-0.15, -0.1) is 0 Å². The van der Waals surface area contributed by atoms with Crippen LogP contribution in [-0.4, -0.2) is 11.4 Å². The minimum absolute atomic E-state index is 0. The third-order valence-corrected chi connectivity index (χ3v) is 5.16. The molecule has 0 unspecified atom stereocenters. The van der Waals surface area contributed by atoms with Gasteiger partial charge >= 0.3 is 0 Å². The van der Waals surface area contributed by atoms with Crippen LogP contribution in [0.2, 0.25) is 0 Å². The molecule has 0 saturated heterocycles. The van der Waals surface area contributed by atoms with Gasteiger partial charge in [0.25, 0.3) is 0 Å². The molecule has 2 nitrogen and oxygen atoms in total. The molecule has 0 aliphatic rings. The summed E-state index contributed by atoms with van der Waals surface area (Å²) >= 11 is 0. The van der Waals surface area contributed by atoms with Crippen LogP contribution in [0.25, 0.3) is 0 Å². The van der Waals surface area contributed by atoms with Crippen molar-refractivity contribution in [2.75, 3.05) is 0 Å².